The molecule has 1 unspecified atom stereocenters. The topological polar surface area (TPSA) is 26.3 Å². The van der Waals surface area contributed by atoms with Crippen molar-refractivity contribution in [2.45, 2.75) is 32.6 Å². The summed E-state index contributed by atoms with van der Waals surface area (Å²) < 4.78 is 5.33. The van der Waals surface area contributed by atoms with Gasteiger partial charge >= 0.3 is 5.97 Å². The smallest absolute Gasteiger partial charge is 0.315 e. The first-order chi connectivity index (χ1) is 8.70. The summed E-state index contributed by atoms with van der Waals surface area (Å²) in [6.07, 6.45) is 1.49. The molecule has 2 nitrogen and oxygen atoms in total. The molecule has 3 rings (SSSR count). The van der Waals surface area contributed by atoms with Gasteiger partial charge in [-0.2, -0.15) is 0 Å². The molecule has 0 saturated heterocycles. The summed E-state index contributed by atoms with van der Waals surface area (Å²) in [5.41, 5.74) is 2.43. The Morgan fingerprint density at radius 2 is 2.11 bits per heavy atom. The lowest BCUT2D eigenvalue weighted by Gasteiger charge is -2.20. The van der Waals surface area contributed by atoms with Gasteiger partial charge in [0.2, 0.25) is 0 Å². The van der Waals surface area contributed by atoms with Gasteiger partial charge in [-0.3, -0.25) is 4.79 Å². The molecule has 0 aliphatic carbocycles. The molecule has 0 fully saturated rings. The number of hydrogen-bond donors (Lipinski definition) is 0. The third kappa shape index (κ3) is 1.60. The van der Waals surface area contributed by atoms with Gasteiger partial charge in [0, 0.05) is 5.39 Å². The molecule has 2 heteroatoms. The third-order valence-electron chi connectivity index (χ3n) is 3.82. The summed E-state index contributed by atoms with van der Waals surface area (Å²) in [5, 5.41) is 2.35. The number of esters is 1. The van der Waals surface area contributed by atoms with E-state index in [0.29, 0.717) is 18.1 Å². The van der Waals surface area contributed by atoms with Crippen LogP contribution in [0.25, 0.3) is 10.8 Å². The number of rotatable bonds is 2. The highest BCUT2D eigenvalue weighted by molar-refractivity contribution is 6.00. The van der Waals surface area contributed by atoms with E-state index in [1.165, 1.54) is 10.9 Å². The SMILES string of the molecule is CCC(C)c1ccc2c3c(cccc13)CC(=O)O2. The molecule has 1 aliphatic heterocycles. The fourth-order valence-corrected chi connectivity index (χ4v) is 2.67. The van der Waals surface area contributed by atoms with Crippen molar-refractivity contribution in [1.29, 1.82) is 0 Å². The fourth-order valence-electron chi connectivity index (χ4n) is 2.67. The molecule has 92 valence electrons. The predicted octanol–water partition coefficient (Wildman–Crippen LogP) is 3.81. The van der Waals surface area contributed by atoms with Crippen molar-refractivity contribution < 1.29 is 9.53 Å². The van der Waals surface area contributed by atoms with E-state index >= 15 is 0 Å². The molecule has 0 saturated carbocycles. The molecule has 0 radical (unpaired) electrons. The Morgan fingerprint density at radius 1 is 1.28 bits per heavy atom. The van der Waals surface area contributed by atoms with Crippen LogP contribution in [0.4, 0.5) is 0 Å². The molecule has 0 amide bonds. The van der Waals surface area contributed by atoms with Crippen LogP contribution < -0.4 is 4.74 Å². The zero-order valence-electron chi connectivity index (χ0n) is 10.7. The van der Waals surface area contributed by atoms with Gasteiger partial charge in [0.15, 0.2) is 0 Å². The van der Waals surface area contributed by atoms with Crippen molar-refractivity contribution in [1.82, 2.24) is 0 Å². The second kappa shape index (κ2) is 4.13. The quantitative estimate of drug-likeness (QED) is 0.589. The van der Waals surface area contributed by atoms with Crippen LogP contribution in [0.2, 0.25) is 0 Å². The summed E-state index contributed by atoms with van der Waals surface area (Å²) in [7, 11) is 0. The van der Waals surface area contributed by atoms with E-state index in [2.05, 4.69) is 26.0 Å². The van der Waals surface area contributed by atoms with Gasteiger partial charge < -0.3 is 4.74 Å². The Balaban J connectivity index is 2.32. The van der Waals surface area contributed by atoms with Crippen molar-refractivity contribution in [2.75, 3.05) is 0 Å². The summed E-state index contributed by atoms with van der Waals surface area (Å²) in [6, 6.07) is 10.2. The minimum Gasteiger partial charge on any atom is -0.426 e. The maximum atomic E-state index is 11.5. The monoisotopic (exact) mass is 240 g/mol. The third-order valence-corrected chi connectivity index (χ3v) is 3.82. The number of benzene rings is 2. The molecule has 0 bridgehead atoms. The van der Waals surface area contributed by atoms with Gasteiger partial charge in [-0.1, -0.05) is 38.1 Å². The highest BCUT2D eigenvalue weighted by Crippen LogP contribution is 2.37. The molecule has 0 N–H and O–H groups in total. The zero-order chi connectivity index (χ0) is 12.7. The van der Waals surface area contributed by atoms with Crippen LogP contribution in [0, 0.1) is 0 Å². The average molecular weight is 240 g/mol. The number of hydrogen-bond acceptors (Lipinski definition) is 2. The number of carbonyl (C=O) groups is 1. The van der Waals surface area contributed by atoms with Gasteiger partial charge in [0.25, 0.3) is 0 Å². The predicted molar refractivity (Wildman–Crippen MR) is 72.0 cm³/mol. The highest BCUT2D eigenvalue weighted by atomic mass is 16.5. The number of ether oxygens (including phenoxy) is 1. The molecule has 18 heavy (non-hydrogen) atoms. The Labute approximate surface area is 107 Å². The Bertz CT molecular complexity index is 614. The van der Waals surface area contributed by atoms with Crippen LogP contribution in [0.3, 0.4) is 0 Å². The van der Waals surface area contributed by atoms with Crippen molar-refractivity contribution in [2.24, 2.45) is 0 Å². The molecule has 1 atom stereocenters. The Hall–Kier alpha value is -1.83. The summed E-state index contributed by atoms with van der Waals surface area (Å²) in [4.78, 5) is 11.5. The summed E-state index contributed by atoms with van der Waals surface area (Å²) >= 11 is 0. The van der Waals surface area contributed by atoms with Crippen LogP contribution in [0.1, 0.15) is 37.3 Å². The van der Waals surface area contributed by atoms with Crippen molar-refractivity contribution in [3.63, 3.8) is 0 Å². The maximum Gasteiger partial charge on any atom is 0.315 e. The van der Waals surface area contributed by atoms with Crippen LogP contribution >= 0.6 is 0 Å². The van der Waals surface area contributed by atoms with Gasteiger partial charge in [0.05, 0.1) is 6.42 Å². The van der Waals surface area contributed by atoms with Gasteiger partial charge in [-0.25, -0.2) is 0 Å². The highest BCUT2D eigenvalue weighted by Gasteiger charge is 2.21. The van der Waals surface area contributed by atoms with Crippen molar-refractivity contribution in [3.8, 4) is 5.75 Å². The van der Waals surface area contributed by atoms with E-state index in [1.54, 1.807) is 0 Å². The Kier molecular flexibility index (Phi) is 2.58. The van der Waals surface area contributed by atoms with E-state index in [-0.39, 0.29) is 5.97 Å². The molecular formula is C16H16O2. The van der Waals surface area contributed by atoms with E-state index < -0.39 is 0 Å². The van der Waals surface area contributed by atoms with Crippen LogP contribution in [0.15, 0.2) is 30.3 Å². The lowest BCUT2D eigenvalue weighted by molar-refractivity contribution is -0.133. The van der Waals surface area contributed by atoms with E-state index in [4.69, 9.17) is 4.74 Å². The molecular weight excluding hydrogens is 224 g/mol. The second-order valence-corrected chi connectivity index (χ2v) is 4.95. The van der Waals surface area contributed by atoms with Crippen molar-refractivity contribution in [3.05, 3.63) is 41.5 Å². The minimum absolute atomic E-state index is 0.161. The van der Waals surface area contributed by atoms with Crippen LogP contribution in [-0.4, -0.2) is 5.97 Å². The van der Waals surface area contributed by atoms with Gasteiger partial charge in [-0.05, 0) is 34.9 Å². The van der Waals surface area contributed by atoms with Crippen molar-refractivity contribution >= 4 is 16.7 Å². The summed E-state index contributed by atoms with van der Waals surface area (Å²) in [6.45, 7) is 4.43. The standard InChI is InChI=1S/C16H16O2/c1-3-10(2)12-7-8-14-16-11(9-15(17)18-14)5-4-6-13(12)16/h4-8,10H,3,9H2,1-2H3. The molecule has 2 aromatic rings. The fraction of sp³-hybridized carbons (Fsp3) is 0.312. The molecule has 0 spiro atoms. The first kappa shape index (κ1) is 11.3. The lowest BCUT2D eigenvalue weighted by atomic mass is 9.89. The number of carbonyl (C=O) groups excluding carboxylic acids is 1. The molecule has 1 aliphatic rings. The van der Waals surface area contributed by atoms with Crippen LogP contribution in [-0.2, 0) is 11.2 Å². The molecule has 0 aromatic heterocycles. The largest absolute Gasteiger partial charge is 0.426 e. The summed E-state index contributed by atoms with van der Waals surface area (Å²) in [5.74, 6) is 1.07. The van der Waals surface area contributed by atoms with Gasteiger partial charge in [-0.15, -0.1) is 0 Å². The average Bonchev–Trinajstić information content (AvgIpc) is 2.38. The van der Waals surface area contributed by atoms with E-state index in [0.717, 1.165) is 17.4 Å². The van der Waals surface area contributed by atoms with E-state index in [1.807, 2.05) is 18.2 Å². The second-order valence-electron chi connectivity index (χ2n) is 4.95. The first-order valence-corrected chi connectivity index (χ1v) is 6.46. The maximum absolute atomic E-state index is 11.5. The van der Waals surface area contributed by atoms with E-state index in [9.17, 15) is 4.79 Å². The van der Waals surface area contributed by atoms with Gasteiger partial charge in [0.1, 0.15) is 5.75 Å². The normalized spacial score (nSPS) is 15.6. The Morgan fingerprint density at radius 3 is 2.89 bits per heavy atom. The molecule has 1 heterocycles. The first-order valence-electron chi connectivity index (χ1n) is 6.46. The minimum atomic E-state index is -0.161. The molecule has 2 aromatic carbocycles. The lowest BCUT2D eigenvalue weighted by Crippen LogP contribution is -2.16. The zero-order valence-corrected chi connectivity index (χ0v) is 10.7. The van der Waals surface area contributed by atoms with Crippen LogP contribution in [0.5, 0.6) is 5.75 Å².